The zero-order valence-electron chi connectivity index (χ0n) is 11.5. The van der Waals surface area contributed by atoms with Crippen LogP contribution in [-0.2, 0) is 0 Å². The van der Waals surface area contributed by atoms with Gasteiger partial charge in [0.05, 0.1) is 19.5 Å². The average Bonchev–Trinajstić information content (AvgIpc) is 3.02. The van der Waals surface area contributed by atoms with E-state index < -0.39 is 37.6 Å². The Morgan fingerprint density at radius 2 is 1.50 bits per heavy atom. The molecule has 11 heteroatoms. The number of nitrogens with zero attached hydrogens (tertiary/aromatic N) is 3. The molecule has 124 valence electrons. The largest absolute Gasteiger partial charge is 0.394 e. The SMILES string of the molecule is Nc1ncnc2[nH]cnc12.OC[C@@H](O)[C@@H](O)[C@H](O)[C@H](O)CO. The highest BCUT2D eigenvalue weighted by molar-refractivity contribution is 5.80. The second kappa shape index (κ2) is 8.53. The molecule has 4 atom stereocenters. The lowest BCUT2D eigenvalue weighted by atomic mass is 10.0. The fourth-order valence-corrected chi connectivity index (χ4v) is 1.45. The number of aromatic nitrogens is 4. The molecule has 2 aromatic heterocycles. The van der Waals surface area contributed by atoms with Crippen LogP contribution in [0.15, 0.2) is 12.7 Å². The first-order valence-corrected chi connectivity index (χ1v) is 6.25. The second-order valence-corrected chi connectivity index (χ2v) is 4.34. The monoisotopic (exact) mass is 317 g/mol. The molecule has 2 aromatic rings. The van der Waals surface area contributed by atoms with Crippen molar-refractivity contribution in [1.82, 2.24) is 19.9 Å². The van der Waals surface area contributed by atoms with Gasteiger partial charge in [0.2, 0.25) is 0 Å². The number of aromatic amines is 1. The highest BCUT2D eigenvalue weighted by Crippen LogP contribution is 2.09. The summed E-state index contributed by atoms with van der Waals surface area (Å²) in [5, 5.41) is 52.2. The maximum absolute atomic E-state index is 8.96. The van der Waals surface area contributed by atoms with Gasteiger partial charge in [-0.3, -0.25) is 0 Å². The Kier molecular flexibility index (Phi) is 7.04. The number of aliphatic hydroxyl groups excluding tert-OH is 6. The van der Waals surface area contributed by atoms with Crippen molar-refractivity contribution in [3.63, 3.8) is 0 Å². The summed E-state index contributed by atoms with van der Waals surface area (Å²) in [6, 6.07) is 0. The second-order valence-electron chi connectivity index (χ2n) is 4.34. The van der Waals surface area contributed by atoms with Gasteiger partial charge < -0.3 is 41.4 Å². The number of hydrogen-bond acceptors (Lipinski definition) is 10. The first-order chi connectivity index (χ1) is 10.4. The van der Waals surface area contributed by atoms with Crippen molar-refractivity contribution in [3.8, 4) is 0 Å². The third kappa shape index (κ3) is 4.56. The van der Waals surface area contributed by atoms with Crippen LogP contribution in [0.3, 0.4) is 0 Å². The lowest BCUT2D eigenvalue weighted by Gasteiger charge is -2.24. The van der Waals surface area contributed by atoms with Crippen molar-refractivity contribution in [3.05, 3.63) is 12.7 Å². The maximum Gasteiger partial charge on any atom is 0.162 e. The summed E-state index contributed by atoms with van der Waals surface area (Å²) in [4.78, 5) is 14.4. The molecule has 0 aliphatic rings. The molecule has 0 aliphatic heterocycles. The van der Waals surface area contributed by atoms with Crippen molar-refractivity contribution in [2.45, 2.75) is 24.4 Å². The van der Waals surface area contributed by atoms with Crippen LogP contribution in [0.2, 0.25) is 0 Å². The molecule has 0 bridgehead atoms. The Bertz CT molecular complexity index is 553. The van der Waals surface area contributed by atoms with Gasteiger partial charge in [-0.15, -0.1) is 0 Å². The first-order valence-electron chi connectivity index (χ1n) is 6.25. The Morgan fingerprint density at radius 1 is 0.955 bits per heavy atom. The number of fused-ring (bicyclic) bond motifs is 1. The Morgan fingerprint density at radius 3 is 1.95 bits per heavy atom. The van der Waals surface area contributed by atoms with Crippen molar-refractivity contribution in [2.24, 2.45) is 0 Å². The van der Waals surface area contributed by atoms with Crippen LogP contribution >= 0.6 is 0 Å². The molecule has 0 aliphatic carbocycles. The fraction of sp³-hybridized carbons (Fsp3) is 0.545. The average molecular weight is 317 g/mol. The minimum absolute atomic E-state index is 0.409. The highest BCUT2D eigenvalue weighted by Gasteiger charge is 2.29. The predicted molar refractivity (Wildman–Crippen MR) is 74.3 cm³/mol. The molecule has 2 rings (SSSR count). The smallest absolute Gasteiger partial charge is 0.162 e. The molecule has 9 N–H and O–H groups in total. The first kappa shape index (κ1) is 18.2. The van der Waals surface area contributed by atoms with Gasteiger partial charge >= 0.3 is 0 Å². The van der Waals surface area contributed by atoms with Gasteiger partial charge in [-0.25, -0.2) is 15.0 Å². The molecule has 0 saturated carbocycles. The molecular weight excluding hydrogens is 298 g/mol. The summed E-state index contributed by atoms with van der Waals surface area (Å²) in [5.41, 5.74) is 6.77. The van der Waals surface area contributed by atoms with Crippen LogP contribution in [-0.4, -0.2) is 88.2 Å². The number of imidazole rings is 1. The molecule has 0 aromatic carbocycles. The summed E-state index contributed by atoms with van der Waals surface area (Å²) in [7, 11) is 0. The molecule has 22 heavy (non-hydrogen) atoms. The zero-order valence-corrected chi connectivity index (χ0v) is 11.5. The summed E-state index contributed by atoms with van der Waals surface area (Å²) >= 11 is 0. The lowest BCUT2D eigenvalue weighted by molar-refractivity contribution is -0.123. The predicted octanol–water partition coefficient (Wildman–Crippen LogP) is -3.65. The summed E-state index contributed by atoms with van der Waals surface area (Å²) in [6.07, 6.45) is -3.46. The number of anilines is 1. The van der Waals surface area contributed by atoms with E-state index in [1.54, 1.807) is 0 Å². The molecule has 0 fully saturated rings. The third-order valence-electron chi connectivity index (χ3n) is 2.76. The molecule has 0 saturated heterocycles. The third-order valence-corrected chi connectivity index (χ3v) is 2.76. The quantitative estimate of drug-likeness (QED) is 0.271. The van der Waals surface area contributed by atoms with Crippen LogP contribution in [0, 0.1) is 0 Å². The Balaban J connectivity index is 0.000000222. The van der Waals surface area contributed by atoms with Crippen molar-refractivity contribution in [2.75, 3.05) is 18.9 Å². The molecule has 11 nitrogen and oxygen atoms in total. The molecule has 0 amide bonds. The van der Waals surface area contributed by atoms with E-state index in [-0.39, 0.29) is 0 Å². The van der Waals surface area contributed by atoms with Crippen LogP contribution < -0.4 is 5.73 Å². The number of aliphatic hydroxyl groups is 6. The number of hydrogen-bond donors (Lipinski definition) is 8. The van der Waals surface area contributed by atoms with Crippen molar-refractivity contribution in [1.29, 1.82) is 0 Å². The van der Waals surface area contributed by atoms with Gasteiger partial charge in [0, 0.05) is 0 Å². The summed E-state index contributed by atoms with van der Waals surface area (Å²) < 4.78 is 0. The van der Waals surface area contributed by atoms with Gasteiger partial charge in [0.15, 0.2) is 11.5 Å². The number of nitrogens with two attached hydrogens (primary N) is 1. The van der Waals surface area contributed by atoms with Crippen molar-refractivity contribution >= 4 is 17.0 Å². The van der Waals surface area contributed by atoms with Gasteiger partial charge in [-0.2, -0.15) is 0 Å². The van der Waals surface area contributed by atoms with Gasteiger partial charge in [-0.05, 0) is 0 Å². The molecule has 2 heterocycles. The van der Waals surface area contributed by atoms with E-state index in [1.165, 1.54) is 12.7 Å². The minimum Gasteiger partial charge on any atom is -0.394 e. The van der Waals surface area contributed by atoms with E-state index in [0.717, 1.165) is 0 Å². The van der Waals surface area contributed by atoms with Crippen LogP contribution in [0.4, 0.5) is 5.82 Å². The fourth-order valence-electron chi connectivity index (χ4n) is 1.45. The number of H-pyrrole nitrogens is 1. The van der Waals surface area contributed by atoms with Crippen LogP contribution in [0.5, 0.6) is 0 Å². The van der Waals surface area contributed by atoms with E-state index in [4.69, 9.17) is 36.4 Å². The van der Waals surface area contributed by atoms with E-state index in [0.29, 0.717) is 17.0 Å². The Hall–Kier alpha value is -1.89. The van der Waals surface area contributed by atoms with Crippen LogP contribution in [0.1, 0.15) is 0 Å². The van der Waals surface area contributed by atoms with Gasteiger partial charge in [-0.1, -0.05) is 0 Å². The highest BCUT2D eigenvalue weighted by atomic mass is 16.4. The molecular formula is C11H19N5O6. The number of rotatable bonds is 5. The van der Waals surface area contributed by atoms with Gasteiger partial charge in [0.25, 0.3) is 0 Å². The topological polar surface area (TPSA) is 202 Å². The molecule has 0 spiro atoms. The summed E-state index contributed by atoms with van der Waals surface area (Å²) in [5.74, 6) is 0.409. The van der Waals surface area contributed by atoms with E-state index in [1.807, 2.05) is 0 Å². The molecule has 0 radical (unpaired) electrons. The van der Waals surface area contributed by atoms with Crippen molar-refractivity contribution < 1.29 is 30.6 Å². The lowest BCUT2D eigenvalue weighted by Crippen LogP contribution is -2.46. The normalized spacial score (nSPS) is 16.5. The number of nitrogens with one attached hydrogen (secondary N) is 1. The van der Waals surface area contributed by atoms with Crippen LogP contribution in [0.25, 0.3) is 11.2 Å². The number of nitrogen functional groups attached to an aromatic ring is 1. The van der Waals surface area contributed by atoms with E-state index in [2.05, 4.69) is 19.9 Å². The maximum atomic E-state index is 8.96. The van der Waals surface area contributed by atoms with Gasteiger partial charge in [0.1, 0.15) is 36.3 Å². The summed E-state index contributed by atoms with van der Waals surface area (Å²) in [6.45, 7) is -1.45. The molecule has 0 unspecified atom stereocenters. The zero-order chi connectivity index (χ0) is 16.7. The van der Waals surface area contributed by atoms with E-state index in [9.17, 15) is 0 Å². The minimum atomic E-state index is -1.67. The van der Waals surface area contributed by atoms with E-state index >= 15 is 0 Å². The Labute approximate surface area is 124 Å². The standard InChI is InChI=1S/C6H14O6.C5H5N5/c7-1-3(9)5(11)6(12)4(10)2-8;6-4-3-5(9-1-7-3)10-2-8-4/h3-12H,1-2H2;1-2H,(H3,6,7,8,9,10)/t3-,4-,5-,6-;/m1./s1.